The first kappa shape index (κ1) is 22.3. The van der Waals surface area contributed by atoms with Gasteiger partial charge in [0.1, 0.15) is 5.75 Å². The van der Waals surface area contributed by atoms with Crippen LogP contribution in [0.15, 0.2) is 53.4 Å². The molecule has 0 atom stereocenters. The van der Waals surface area contributed by atoms with Gasteiger partial charge in [0.15, 0.2) is 0 Å². The first-order valence-corrected chi connectivity index (χ1v) is 10.9. The number of sulfonamides is 1. The topological polar surface area (TPSA) is 79.0 Å². The average Bonchev–Trinajstić information content (AvgIpc) is 2.72. The molecule has 1 aliphatic rings. The van der Waals surface area contributed by atoms with E-state index in [0.717, 1.165) is 0 Å². The van der Waals surface area contributed by atoms with Crippen LogP contribution < -0.4 is 10.1 Å². The van der Waals surface area contributed by atoms with Crippen molar-refractivity contribution in [3.05, 3.63) is 59.1 Å². The number of para-hydroxylation sites is 1. The molecular weight excluding hydrogens is 440 g/mol. The van der Waals surface area contributed by atoms with Crippen molar-refractivity contribution >= 4 is 27.7 Å². The van der Waals surface area contributed by atoms with Crippen molar-refractivity contribution in [2.24, 2.45) is 0 Å². The quantitative estimate of drug-likeness (QED) is 0.719. The molecule has 0 saturated carbocycles. The summed E-state index contributed by atoms with van der Waals surface area (Å²) >= 11 is 5.88. The van der Waals surface area contributed by atoms with Crippen LogP contribution in [0, 0.1) is 0 Å². The second-order valence-corrected chi connectivity index (χ2v) is 8.87. The number of nitrogens with zero attached hydrogens (tertiary/aromatic N) is 2. The average molecular weight is 460 g/mol. The van der Waals surface area contributed by atoms with Crippen LogP contribution in [0.3, 0.4) is 0 Å². The summed E-state index contributed by atoms with van der Waals surface area (Å²) in [7, 11) is -3.70. The number of halogens is 3. The van der Waals surface area contributed by atoms with Crippen molar-refractivity contribution in [3.8, 4) is 5.75 Å². The van der Waals surface area contributed by atoms with Crippen LogP contribution in [0.5, 0.6) is 5.75 Å². The second kappa shape index (κ2) is 9.59. The van der Waals surface area contributed by atoms with Gasteiger partial charge in [0.05, 0.1) is 4.90 Å². The van der Waals surface area contributed by atoms with Crippen molar-refractivity contribution in [2.75, 3.05) is 26.2 Å². The smallest absolute Gasteiger partial charge is 0.387 e. The minimum atomic E-state index is -3.70. The molecule has 7 nitrogen and oxygen atoms in total. The van der Waals surface area contributed by atoms with E-state index in [1.165, 1.54) is 27.4 Å². The number of carbonyl (C=O) groups excluding carboxylic acids is 1. The highest BCUT2D eigenvalue weighted by molar-refractivity contribution is 7.89. The van der Waals surface area contributed by atoms with Crippen LogP contribution >= 0.6 is 11.6 Å². The van der Waals surface area contributed by atoms with Gasteiger partial charge in [-0.2, -0.15) is 13.1 Å². The van der Waals surface area contributed by atoms with Crippen LogP contribution in [-0.4, -0.2) is 56.4 Å². The van der Waals surface area contributed by atoms with Crippen LogP contribution in [0.25, 0.3) is 0 Å². The Kier molecular flexibility index (Phi) is 7.11. The summed E-state index contributed by atoms with van der Waals surface area (Å²) in [6, 6.07) is 11.8. The predicted octanol–water partition coefficient (Wildman–Crippen LogP) is 3.16. The Balaban J connectivity index is 1.56. The molecule has 3 rings (SSSR count). The number of piperazine rings is 1. The summed E-state index contributed by atoms with van der Waals surface area (Å²) in [6.45, 7) is -2.30. The van der Waals surface area contributed by atoms with Crippen molar-refractivity contribution in [3.63, 3.8) is 0 Å². The molecule has 11 heteroatoms. The lowest BCUT2D eigenvalue weighted by Crippen LogP contribution is -2.52. The van der Waals surface area contributed by atoms with Gasteiger partial charge in [0.2, 0.25) is 10.0 Å². The van der Waals surface area contributed by atoms with E-state index in [-0.39, 0.29) is 43.4 Å². The summed E-state index contributed by atoms with van der Waals surface area (Å²) in [5.41, 5.74) is 0.410. The molecule has 2 amide bonds. The molecule has 1 fully saturated rings. The van der Waals surface area contributed by atoms with Gasteiger partial charge in [0, 0.05) is 43.3 Å². The number of benzene rings is 2. The number of alkyl halides is 2. The van der Waals surface area contributed by atoms with Crippen molar-refractivity contribution < 1.29 is 26.7 Å². The molecule has 0 aliphatic carbocycles. The lowest BCUT2D eigenvalue weighted by atomic mass is 10.2. The van der Waals surface area contributed by atoms with E-state index in [9.17, 15) is 22.0 Å². The minimum Gasteiger partial charge on any atom is -0.434 e. The number of rotatable bonds is 6. The molecule has 1 aliphatic heterocycles. The highest BCUT2D eigenvalue weighted by Crippen LogP contribution is 2.22. The molecule has 0 bridgehead atoms. The third-order valence-corrected chi connectivity index (χ3v) is 6.71. The second-order valence-electron chi connectivity index (χ2n) is 6.49. The first-order chi connectivity index (χ1) is 14.3. The molecule has 162 valence electrons. The summed E-state index contributed by atoms with van der Waals surface area (Å²) in [5.74, 6) is -0.00904. The Morgan fingerprint density at radius 2 is 1.80 bits per heavy atom. The maximum Gasteiger partial charge on any atom is 0.387 e. The van der Waals surface area contributed by atoms with E-state index in [2.05, 4.69) is 10.1 Å². The van der Waals surface area contributed by atoms with Gasteiger partial charge in [-0.05, 0) is 24.3 Å². The summed E-state index contributed by atoms with van der Waals surface area (Å²) in [6.07, 6.45) is 0. The van der Waals surface area contributed by atoms with Crippen molar-refractivity contribution in [2.45, 2.75) is 18.1 Å². The van der Waals surface area contributed by atoms with E-state index < -0.39 is 22.7 Å². The molecule has 2 aromatic carbocycles. The molecule has 0 unspecified atom stereocenters. The fourth-order valence-corrected chi connectivity index (χ4v) is 4.78. The van der Waals surface area contributed by atoms with E-state index in [0.29, 0.717) is 10.6 Å². The molecule has 1 N–H and O–H groups in total. The molecule has 1 heterocycles. The highest BCUT2D eigenvalue weighted by Gasteiger charge is 2.30. The fraction of sp³-hybridized carbons (Fsp3) is 0.316. The van der Waals surface area contributed by atoms with Gasteiger partial charge < -0.3 is 15.0 Å². The Labute approximate surface area is 178 Å². The maximum absolute atomic E-state index is 12.7. The zero-order chi connectivity index (χ0) is 21.7. The number of nitrogens with one attached hydrogen (secondary N) is 1. The largest absolute Gasteiger partial charge is 0.434 e. The molecule has 0 radical (unpaired) electrons. The standard InChI is InChI=1S/C19H20ClF2N3O4S/c20-15-5-3-6-16(12-15)30(27,28)25-10-8-24(9-11-25)19(26)23-13-14-4-1-2-7-17(14)29-18(21)22/h1-7,12,18H,8-11,13H2,(H,23,26). The van der Waals surface area contributed by atoms with Crippen LogP contribution in [-0.2, 0) is 16.6 Å². The van der Waals surface area contributed by atoms with E-state index >= 15 is 0 Å². The predicted molar refractivity (Wildman–Crippen MR) is 107 cm³/mol. The first-order valence-electron chi connectivity index (χ1n) is 9.08. The van der Waals surface area contributed by atoms with Gasteiger partial charge in [-0.1, -0.05) is 35.9 Å². The summed E-state index contributed by atoms with van der Waals surface area (Å²) < 4.78 is 56.2. The zero-order valence-corrected chi connectivity index (χ0v) is 17.4. The summed E-state index contributed by atoms with van der Waals surface area (Å²) in [4.78, 5) is 14.0. The van der Waals surface area contributed by atoms with Crippen LogP contribution in [0.2, 0.25) is 5.02 Å². The van der Waals surface area contributed by atoms with Gasteiger partial charge in [0.25, 0.3) is 0 Å². The Bertz CT molecular complexity index is 999. The van der Waals surface area contributed by atoms with E-state index in [1.807, 2.05) is 0 Å². The Morgan fingerprint density at radius 1 is 1.10 bits per heavy atom. The highest BCUT2D eigenvalue weighted by atomic mass is 35.5. The van der Waals surface area contributed by atoms with Gasteiger partial charge in [-0.15, -0.1) is 0 Å². The summed E-state index contributed by atoms with van der Waals surface area (Å²) in [5, 5.41) is 2.98. The Morgan fingerprint density at radius 3 is 2.47 bits per heavy atom. The van der Waals surface area contributed by atoms with Gasteiger partial charge in [-0.3, -0.25) is 0 Å². The lowest BCUT2D eigenvalue weighted by Gasteiger charge is -2.34. The van der Waals surface area contributed by atoms with E-state index in [4.69, 9.17) is 11.6 Å². The molecule has 0 aromatic heterocycles. The van der Waals surface area contributed by atoms with Gasteiger partial charge >= 0.3 is 12.6 Å². The monoisotopic (exact) mass is 459 g/mol. The van der Waals surface area contributed by atoms with Crippen LogP contribution in [0.1, 0.15) is 5.56 Å². The number of urea groups is 1. The SMILES string of the molecule is O=C(NCc1ccccc1OC(F)F)N1CCN(S(=O)(=O)c2cccc(Cl)c2)CC1. The van der Waals surface area contributed by atoms with Gasteiger partial charge in [-0.25, -0.2) is 13.2 Å². The molecular formula is C19H20ClF2N3O4S. The molecule has 2 aromatic rings. The fourth-order valence-electron chi connectivity index (χ4n) is 3.05. The zero-order valence-electron chi connectivity index (χ0n) is 15.8. The van der Waals surface area contributed by atoms with Crippen LogP contribution in [0.4, 0.5) is 13.6 Å². The van der Waals surface area contributed by atoms with Crippen molar-refractivity contribution in [1.29, 1.82) is 0 Å². The molecule has 1 saturated heterocycles. The third kappa shape index (κ3) is 5.38. The lowest BCUT2D eigenvalue weighted by molar-refractivity contribution is -0.0504. The van der Waals surface area contributed by atoms with E-state index in [1.54, 1.807) is 30.3 Å². The Hall–Kier alpha value is -2.43. The van der Waals surface area contributed by atoms with Crippen molar-refractivity contribution in [1.82, 2.24) is 14.5 Å². The normalized spacial score (nSPS) is 15.3. The number of hydrogen-bond acceptors (Lipinski definition) is 4. The number of amides is 2. The number of hydrogen-bond donors (Lipinski definition) is 1. The number of carbonyl (C=O) groups is 1. The maximum atomic E-state index is 12.7. The molecule has 30 heavy (non-hydrogen) atoms. The third-order valence-electron chi connectivity index (χ3n) is 4.58. The number of ether oxygens (including phenoxy) is 1. The molecule has 0 spiro atoms. The minimum absolute atomic E-state index is 0.00273.